The molecule has 0 saturated heterocycles. The van der Waals surface area contributed by atoms with Crippen molar-refractivity contribution in [1.82, 2.24) is 5.43 Å². The smallest absolute Gasteiger partial charge is 0.428 e. The van der Waals surface area contributed by atoms with Crippen molar-refractivity contribution >= 4 is 35.0 Å². The molecule has 6 heteroatoms. The van der Waals surface area contributed by atoms with Gasteiger partial charge in [-0.05, 0) is 27.7 Å². The third-order valence-electron chi connectivity index (χ3n) is 1.04. The summed E-state index contributed by atoms with van der Waals surface area (Å²) in [5.41, 5.74) is 2.03. The molecular formula is C8H14Cl2N2O2. The number of amides is 1. The lowest BCUT2D eigenvalue weighted by Gasteiger charge is -2.18. The van der Waals surface area contributed by atoms with E-state index in [0.717, 1.165) is 0 Å². The second-order valence-electron chi connectivity index (χ2n) is 3.67. The molecule has 0 rings (SSSR count). The van der Waals surface area contributed by atoms with Crippen molar-refractivity contribution in [3.05, 3.63) is 0 Å². The van der Waals surface area contributed by atoms with Gasteiger partial charge in [-0.25, -0.2) is 10.2 Å². The van der Waals surface area contributed by atoms with E-state index in [1.54, 1.807) is 27.7 Å². The van der Waals surface area contributed by atoms with E-state index in [9.17, 15) is 4.79 Å². The first-order valence-electron chi connectivity index (χ1n) is 4.03. The molecule has 4 nitrogen and oxygen atoms in total. The Morgan fingerprint density at radius 1 is 1.43 bits per heavy atom. The highest BCUT2D eigenvalue weighted by molar-refractivity contribution is 6.54. The maximum absolute atomic E-state index is 11.1. The van der Waals surface area contributed by atoms with Crippen molar-refractivity contribution in [3.63, 3.8) is 0 Å². The summed E-state index contributed by atoms with van der Waals surface area (Å²) in [7, 11) is 0. The zero-order chi connectivity index (χ0) is 11.4. The van der Waals surface area contributed by atoms with Crippen molar-refractivity contribution in [2.45, 2.75) is 38.1 Å². The molecule has 1 N–H and O–H groups in total. The summed E-state index contributed by atoms with van der Waals surface area (Å²) in [6.45, 7) is 6.88. The molecule has 0 aliphatic heterocycles. The maximum atomic E-state index is 11.1. The Bertz CT molecular complexity index is 234. The molecule has 1 amide bonds. The Morgan fingerprint density at radius 2 is 1.93 bits per heavy atom. The summed E-state index contributed by atoms with van der Waals surface area (Å²) in [6, 6.07) is 0. The first kappa shape index (κ1) is 13.5. The molecule has 0 aromatic heterocycles. The number of carbonyl (C=O) groups excluding carboxylic acids is 1. The Hall–Kier alpha value is -0.480. The van der Waals surface area contributed by atoms with Gasteiger partial charge in [-0.2, -0.15) is 5.10 Å². The lowest BCUT2D eigenvalue weighted by Crippen LogP contribution is -2.30. The summed E-state index contributed by atoms with van der Waals surface area (Å²) < 4.78 is 4.92. The van der Waals surface area contributed by atoms with Gasteiger partial charge in [-0.15, -0.1) is 0 Å². The number of nitrogens with one attached hydrogen (secondary N) is 1. The van der Waals surface area contributed by atoms with Gasteiger partial charge in [0, 0.05) is 0 Å². The van der Waals surface area contributed by atoms with Crippen LogP contribution in [0.15, 0.2) is 5.10 Å². The number of halogens is 2. The number of hydrogen-bond acceptors (Lipinski definition) is 3. The van der Waals surface area contributed by atoms with Crippen molar-refractivity contribution in [2.75, 3.05) is 0 Å². The van der Waals surface area contributed by atoms with Crippen LogP contribution in [0.2, 0.25) is 0 Å². The van der Waals surface area contributed by atoms with E-state index < -0.39 is 16.5 Å². The molecular weight excluding hydrogens is 227 g/mol. The summed E-state index contributed by atoms with van der Waals surface area (Å²) in [5, 5.41) is 3.64. The molecule has 14 heavy (non-hydrogen) atoms. The predicted octanol–water partition coefficient (Wildman–Crippen LogP) is 2.69. The summed E-state index contributed by atoms with van der Waals surface area (Å²) >= 11 is 11.0. The van der Waals surface area contributed by atoms with Crippen LogP contribution < -0.4 is 5.43 Å². The second-order valence-corrected chi connectivity index (χ2v) is 4.76. The highest BCUT2D eigenvalue weighted by Gasteiger charge is 2.15. The van der Waals surface area contributed by atoms with E-state index in [1.165, 1.54) is 0 Å². The van der Waals surface area contributed by atoms with Crippen molar-refractivity contribution in [2.24, 2.45) is 5.10 Å². The average Bonchev–Trinajstić information content (AvgIpc) is 1.96. The molecule has 0 aliphatic rings. The predicted molar refractivity (Wildman–Crippen MR) is 58.0 cm³/mol. The van der Waals surface area contributed by atoms with Gasteiger partial charge >= 0.3 is 6.09 Å². The highest BCUT2D eigenvalue weighted by Crippen LogP contribution is 2.07. The molecule has 0 bridgehead atoms. The number of carbonyl (C=O) groups is 1. The average molecular weight is 241 g/mol. The van der Waals surface area contributed by atoms with Gasteiger partial charge in [0.25, 0.3) is 0 Å². The van der Waals surface area contributed by atoms with E-state index in [-0.39, 0.29) is 0 Å². The molecule has 0 atom stereocenters. The van der Waals surface area contributed by atoms with Crippen molar-refractivity contribution in [3.8, 4) is 0 Å². The van der Waals surface area contributed by atoms with Gasteiger partial charge in [0.05, 0.1) is 5.71 Å². The minimum atomic E-state index is -0.732. The molecule has 0 fully saturated rings. The molecule has 0 aromatic carbocycles. The third kappa shape index (κ3) is 6.97. The maximum Gasteiger partial charge on any atom is 0.428 e. The third-order valence-corrected chi connectivity index (χ3v) is 1.67. The quantitative estimate of drug-likeness (QED) is 0.459. The van der Waals surface area contributed by atoms with Crippen LogP contribution in [-0.2, 0) is 4.74 Å². The molecule has 82 valence electrons. The monoisotopic (exact) mass is 240 g/mol. The number of ether oxygens (including phenoxy) is 1. The van der Waals surface area contributed by atoms with Crippen LogP contribution in [0.3, 0.4) is 0 Å². The SMILES string of the molecule is C/C(=N\NC(=O)OC(C)(C)C)C(Cl)Cl. The van der Waals surface area contributed by atoms with E-state index in [2.05, 4.69) is 10.5 Å². The first-order chi connectivity index (χ1) is 6.22. The number of hydrogen-bond donors (Lipinski definition) is 1. The van der Waals surface area contributed by atoms with Gasteiger partial charge in [0.15, 0.2) is 0 Å². The van der Waals surface area contributed by atoms with Gasteiger partial charge in [-0.1, -0.05) is 23.2 Å². The fourth-order valence-corrected chi connectivity index (χ4v) is 0.581. The van der Waals surface area contributed by atoms with Crippen molar-refractivity contribution in [1.29, 1.82) is 0 Å². The number of nitrogens with zero attached hydrogens (tertiary/aromatic N) is 1. The minimum absolute atomic E-state index is 0.402. The second kappa shape index (κ2) is 5.41. The molecule has 0 radical (unpaired) electrons. The molecule has 0 aromatic rings. The van der Waals surface area contributed by atoms with Crippen LogP contribution in [0.25, 0.3) is 0 Å². The van der Waals surface area contributed by atoms with Gasteiger partial charge in [0.2, 0.25) is 0 Å². The zero-order valence-electron chi connectivity index (χ0n) is 8.60. The fourth-order valence-electron chi connectivity index (χ4n) is 0.484. The topological polar surface area (TPSA) is 50.7 Å². The van der Waals surface area contributed by atoms with Crippen LogP contribution in [0.5, 0.6) is 0 Å². The molecule has 0 spiro atoms. The highest BCUT2D eigenvalue weighted by atomic mass is 35.5. The first-order valence-corrected chi connectivity index (χ1v) is 4.91. The van der Waals surface area contributed by atoms with E-state index in [1.807, 2.05) is 0 Å². The van der Waals surface area contributed by atoms with Crippen LogP contribution in [0, 0.1) is 0 Å². The van der Waals surface area contributed by atoms with Gasteiger partial charge in [0.1, 0.15) is 10.4 Å². The fraction of sp³-hybridized carbons (Fsp3) is 0.750. The number of alkyl halides is 2. The van der Waals surface area contributed by atoms with Crippen LogP contribution in [0.1, 0.15) is 27.7 Å². The zero-order valence-corrected chi connectivity index (χ0v) is 10.1. The van der Waals surface area contributed by atoms with E-state index >= 15 is 0 Å². The minimum Gasteiger partial charge on any atom is -0.443 e. The van der Waals surface area contributed by atoms with Crippen molar-refractivity contribution < 1.29 is 9.53 Å². The summed E-state index contributed by atoms with van der Waals surface area (Å²) in [5.74, 6) is 0. The number of hydrazone groups is 1. The van der Waals surface area contributed by atoms with Gasteiger partial charge < -0.3 is 4.74 Å². The number of rotatable bonds is 2. The molecule has 0 saturated carbocycles. The molecule has 0 aliphatic carbocycles. The Labute approximate surface area is 93.6 Å². The standard InChI is InChI=1S/C8H14Cl2N2O2/c1-5(6(9)10)11-12-7(13)14-8(2,3)4/h6H,1-4H3,(H,12,13)/b11-5+. The van der Waals surface area contributed by atoms with E-state index in [4.69, 9.17) is 27.9 Å². The Kier molecular flexibility index (Phi) is 5.23. The van der Waals surface area contributed by atoms with E-state index in [0.29, 0.717) is 5.71 Å². The van der Waals surface area contributed by atoms with Crippen LogP contribution in [0.4, 0.5) is 4.79 Å². The lowest BCUT2D eigenvalue weighted by atomic mass is 10.2. The lowest BCUT2D eigenvalue weighted by molar-refractivity contribution is 0.0529. The van der Waals surface area contributed by atoms with Crippen LogP contribution >= 0.6 is 23.2 Å². The summed E-state index contributed by atoms with van der Waals surface area (Å²) in [4.78, 5) is 10.3. The summed E-state index contributed by atoms with van der Waals surface area (Å²) in [6.07, 6.45) is -0.633. The Balaban J connectivity index is 4.04. The van der Waals surface area contributed by atoms with Gasteiger partial charge in [-0.3, -0.25) is 0 Å². The normalized spacial score (nSPS) is 12.9. The molecule has 0 heterocycles. The molecule has 0 unspecified atom stereocenters. The Morgan fingerprint density at radius 3 is 2.29 bits per heavy atom. The largest absolute Gasteiger partial charge is 0.443 e. The van der Waals surface area contributed by atoms with Crippen LogP contribution in [-0.4, -0.2) is 22.2 Å².